The molecule has 0 aliphatic carbocycles. The first-order chi connectivity index (χ1) is 7.75. The van der Waals surface area contributed by atoms with Gasteiger partial charge in [0.1, 0.15) is 0 Å². The fourth-order valence-electron chi connectivity index (χ4n) is 1.32. The molecule has 0 fully saturated rings. The summed E-state index contributed by atoms with van der Waals surface area (Å²) in [5.41, 5.74) is 20.7. The van der Waals surface area contributed by atoms with Gasteiger partial charge in [-0.05, 0) is 36.4 Å². The second-order valence-electron chi connectivity index (χ2n) is 3.46. The van der Waals surface area contributed by atoms with Gasteiger partial charge in [-0.15, -0.1) is 0 Å². The van der Waals surface area contributed by atoms with Crippen LogP contribution in [0.4, 0.5) is 22.7 Å². The molecule has 0 bridgehead atoms. The zero-order chi connectivity index (χ0) is 11.4. The number of hydrogen-bond donors (Lipinski definition) is 4. The molecule has 0 aromatic heterocycles. The summed E-state index contributed by atoms with van der Waals surface area (Å²) in [6.45, 7) is 0. The Bertz CT molecular complexity index is 465. The van der Waals surface area contributed by atoms with E-state index in [1.807, 2.05) is 48.5 Å². The first-order valence-corrected chi connectivity index (χ1v) is 4.98. The third-order valence-corrected chi connectivity index (χ3v) is 2.21. The summed E-state index contributed by atoms with van der Waals surface area (Å²) in [4.78, 5) is 0. The van der Waals surface area contributed by atoms with Crippen LogP contribution in [0.3, 0.4) is 0 Å². The molecule has 6 N–H and O–H groups in total. The molecule has 4 nitrogen and oxygen atoms in total. The molecule has 16 heavy (non-hydrogen) atoms. The van der Waals surface area contributed by atoms with Crippen LogP contribution in [0.25, 0.3) is 0 Å². The summed E-state index contributed by atoms with van der Waals surface area (Å²) in [5, 5.41) is 0. The van der Waals surface area contributed by atoms with Gasteiger partial charge in [-0.1, -0.05) is 12.1 Å². The van der Waals surface area contributed by atoms with Crippen molar-refractivity contribution in [2.24, 2.45) is 0 Å². The van der Waals surface area contributed by atoms with Crippen LogP contribution >= 0.6 is 0 Å². The molecule has 0 aliphatic rings. The third-order valence-electron chi connectivity index (χ3n) is 2.21. The Morgan fingerprint density at radius 2 is 1.44 bits per heavy atom. The van der Waals surface area contributed by atoms with Crippen molar-refractivity contribution in [2.45, 2.75) is 0 Å². The molecule has 0 atom stereocenters. The molecule has 0 unspecified atom stereocenters. The normalized spacial score (nSPS) is 9.75. The first kappa shape index (κ1) is 10.2. The van der Waals surface area contributed by atoms with E-state index < -0.39 is 0 Å². The first-order valence-electron chi connectivity index (χ1n) is 4.98. The number of rotatable bonds is 3. The number of nitrogens with one attached hydrogen (secondary N) is 2. The van der Waals surface area contributed by atoms with Crippen LogP contribution in [0.2, 0.25) is 0 Å². The van der Waals surface area contributed by atoms with E-state index in [1.165, 1.54) is 0 Å². The Morgan fingerprint density at radius 1 is 0.750 bits per heavy atom. The van der Waals surface area contributed by atoms with Crippen molar-refractivity contribution >= 4 is 22.7 Å². The van der Waals surface area contributed by atoms with Gasteiger partial charge in [0.2, 0.25) is 0 Å². The number of nitrogens with two attached hydrogens (primary N) is 2. The molecule has 0 saturated heterocycles. The molecular weight excluding hydrogens is 200 g/mol. The summed E-state index contributed by atoms with van der Waals surface area (Å²) in [5.74, 6) is 0. The molecule has 2 rings (SSSR count). The molecule has 0 radical (unpaired) electrons. The molecule has 0 saturated carbocycles. The van der Waals surface area contributed by atoms with Gasteiger partial charge >= 0.3 is 0 Å². The van der Waals surface area contributed by atoms with Crippen molar-refractivity contribution in [1.82, 2.24) is 0 Å². The third kappa shape index (κ3) is 2.36. The van der Waals surface area contributed by atoms with Crippen molar-refractivity contribution in [3.05, 3.63) is 48.5 Å². The molecule has 4 heteroatoms. The second kappa shape index (κ2) is 4.44. The van der Waals surface area contributed by atoms with E-state index in [9.17, 15) is 0 Å². The Kier molecular flexibility index (Phi) is 2.82. The van der Waals surface area contributed by atoms with E-state index in [0.717, 1.165) is 17.1 Å². The highest BCUT2D eigenvalue weighted by molar-refractivity contribution is 5.68. The van der Waals surface area contributed by atoms with Gasteiger partial charge in [0, 0.05) is 5.69 Å². The molecule has 2 aromatic rings. The second-order valence-corrected chi connectivity index (χ2v) is 3.46. The van der Waals surface area contributed by atoms with Gasteiger partial charge in [0.05, 0.1) is 17.1 Å². The van der Waals surface area contributed by atoms with Crippen molar-refractivity contribution in [3.8, 4) is 0 Å². The minimum atomic E-state index is 0.699. The monoisotopic (exact) mass is 214 g/mol. The van der Waals surface area contributed by atoms with E-state index in [2.05, 4.69) is 10.9 Å². The summed E-state index contributed by atoms with van der Waals surface area (Å²) >= 11 is 0. The molecule has 0 spiro atoms. The zero-order valence-electron chi connectivity index (χ0n) is 8.77. The summed E-state index contributed by atoms with van der Waals surface area (Å²) < 4.78 is 0. The number of hydrogen-bond acceptors (Lipinski definition) is 4. The number of anilines is 4. The largest absolute Gasteiger partial charge is 0.399 e. The van der Waals surface area contributed by atoms with Gasteiger partial charge in [0.15, 0.2) is 0 Å². The standard InChI is InChI=1S/C12H14N4/c13-9-5-7-10(8-6-9)15-16-12-4-2-1-3-11(12)14/h1-8,15-16H,13-14H2. The van der Waals surface area contributed by atoms with Gasteiger partial charge in [-0.25, -0.2) is 0 Å². The Morgan fingerprint density at radius 3 is 2.12 bits per heavy atom. The van der Waals surface area contributed by atoms with Crippen LogP contribution in [0.5, 0.6) is 0 Å². The van der Waals surface area contributed by atoms with Crippen LogP contribution in [-0.2, 0) is 0 Å². The molecule has 0 heterocycles. The Labute approximate surface area is 94.2 Å². The smallest absolute Gasteiger partial charge is 0.0769 e. The average molecular weight is 214 g/mol. The Balaban J connectivity index is 2.02. The van der Waals surface area contributed by atoms with E-state index in [4.69, 9.17) is 11.5 Å². The predicted molar refractivity (Wildman–Crippen MR) is 69.0 cm³/mol. The fourth-order valence-corrected chi connectivity index (χ4v) is 1.32. The molecule has 82 valence electrons. The summed E-state index contributed by atoms with van der Waals surface area (Å²) in [7, 11) is 0. The lowest BCUT2D eigenvalue weighted by molar-refractivity contribution is 1.41. The van der Waals surface area contributed by atoms with Gasteiger partial charge in [0.25, 0.3) is 0 Å². The summed E-state index contributed by atoms with van der Waals surface area (Å²) in [6, 6.07) is 15.0. The average Bonchev–Trinajstić information content (AvgIpc) is 2.30. The maximum atomic E-state index is 5.79. The maximum absolute atomic E-state index is 5.79. The predicted octanol–water partition coefficient (Wildman–Crippen LogP) is 2.29. The maximum Gasteiger partial charge on any atom is 0.0769 e. The molecule has 2 aromatic carbocycles. The lowest BCUT2D eigenvalue weighted by atomic mass is 10.3. The van der Waals surface area contributed by atoms with Crippen LogP contribution in [0.1, 0.15) is 0 Å². The van der Waals surface area contributed by atoms with E-state index in [0.29, 0.717) is 5.69 Å². The quantitative estimate of drug-likeness (QED) is 0.467. The highest BCUT2D eigenvalue weighted by atomic mass is 15.4. The van der Waals surface area contributed by atoms with Crippen LogP contribution in [0, 0.1) is 0 Å². The van der Waals surface area contributed by atoms with Crippen molar-refractivity contribution in [3.63, 3.8) is 0 Å². The van der Waals surface area contributed by atoms with Gasteiger partial charge < -0.3 is 16.9 Å². The number of hydrazine groups is 1. The SMILES string of the molecule is Nc1ccc(NNc2ccccc2N)cc1. The van der Waals surface area contributed by atoms with Crippen molar-refractivity contribution in [2.75, 3.05) is 22.3 Å². The number of nitrogen functional groups attached to an aromatic ring is 2. The molecule has 0 amide bonds. The van der Waals surface area contributed by atoms with E-state index in [1.54, 1.807) is 0 Å². The van der Waals surface area contributed by atoms with Gasteiger partial charge in [-0.3, -0.25) is 5.43 Å². The minimum absolute atomic E-state index is 0.699. The Hall–Kier alpha value is -2.36. The van der Waals surface area contributed by atoms with E-state index in [-0.39, 0.29) is 0 Å². The topological polar surface area (TPSA) is 76.1 Å². The highest BCUT2D eigenvalue weighted by Crippen LogP contribution is 2.17. The lowest BCUT2D eigenvalue weighted by Gasteiger charge is -2.11. The minimum Gasteiger partial charge on any atom is -0.399 e. The van der Waals surface area contributed by atoms with Crippen molar-refractivity contribution < 1.29 is 0 Å². The van der Waals surface area contributed by atoms with Crippen molar-refractivity contribution in [1.29, 1.82) is 0 Å². The van der Waals surface area contributed by atoms with Crippen LogP contribution < -0.4 is 22.3 Å². The van der Waals surface area contributed by atoms with Crippen LogP contribution in [-0.4, -0.2) is 0 Å². The zero-order valence-corrected chi connectivity index (χ0v) is 8.77. The summed E-state index contributed by atoms with van der Waals surface area (Å²) in [6.07, 6.45) is 0. The molecule has 0 aliphatic heterocycles. The number of benzene rings is 2. The fraction of sp³-hybridized carbons (Fsp3) is 0. The van der Waals surface area contributed by atoms with Crippen LogP contribution in [0.15, 0.2) is 48.5 Å². The van der Waals surface area contributed by atoms with E-state index >= 15 is 0 Å². The number of para-hydroxylation sites is 2. The molecular formula is C12H14N4. The van der Waals surface area contributed by atoms with Gasteiger partial charge in [-0.2, -0.15) is 0 Å². The highest BCUT2D eigenvalue weighted by Gasteiger charge is 1.95. The lowest BCUT2D eigenvalue weighted by Crippen LogP contribution is -2.10.